The van der Waals surface area contributed by atoms with Crippen molar-refractivity contribution in [1.82, 2.24) is 13.9 Å². The average Bonchev–Trinajstić information content (AvgIpc) is 3.24. The standard InChI is InChI=1S/C21H17Cl2IN4O3S2/c1-27(12-13-4-5-14(22)9-17(13)23)21(29)16-7-6-15(24)10-18(16)26-33(30,31)20-3-2-8-28-19(20)11-25-32-28/h2-11,25-26H,12H2,1H3. The molecule has 7 nitrogen and oxygen atoms in total. The van der Waals surface area contributed by atoms with Crippen molar-refractivity contribution in [1.29, 1.82) is 0 Å². The second-order valence-electron chi connectivity index (χ2n) is 7.13. The SMILES string of the molecule is CN(Cc1ccc(Cl)cc1Cl)C(=O)c1ccc(I)cc1NS(=O)(=O)C1=CC=CN2SNC=C12. The van der Waals surface area contributed by atoms with E-state index in [0.29, 0.717) is 15.7 Å². The van der Waals surface area contributed by atoms with E-state index in [-0.39, 0.29) is 28.6 Å². The number of carbonyl (C=O) groups is 1. The van der Waals surface area contributed by atoms with Crippen molar-refractivity contribution in [3.05, 3.63) is 96.3 Å². The summed E-state index contributed by atoms with van der Waals surface area (Å²) in [6, 6.07) is 10.0. The number of nitrogens with one attached hydrogen (secondary N) is 2. The maximum Gasteiger partial charge on any atom is 0.264 e. The number of nitrogens with zero attached hydrogens (tertiary/aromatic N) is 2. The maximum atomic E-state index is 13.3. The van der Waals surface area contributed by atoms with E-state index in [9.17, 15) is 13.2 Å². The molecule has 0 spiro atoms. The zero-order valence-electron chi connectivity index (χ0n) is 17.1. The molecule has 0 unspecified atom stereocenters. The Morgan fingerprint density at radius 3 is 2.79 bits per heavy atom. The van der Waals surface area contributed by atoms with Crippen LogP contribution in [0.5, 0.6) is 0 Å². The van der Waals surface area contributed by atoms with E-state index in [4.69, 9.17) is 23.2 Å². The number of sulfonamides is 1. The van der Waals surface area contributed by atoms with E-state index >= 15 is 0 Å². The molecule has 0 radical (unpaired) electrons. The molecule has 0 saturated carbocycles. The molecule has 0 atom stereocenters. The Labute approximate surface area is 219 Å². The summed E-state index contributed by atoms with van der Waals surface area (Å²) in [7, 11) is -2.35. The number of allylic oxidation sites excluding steroid dienone is 2. The van der Waals surface area contributed by atoms with Gasteiger partial charge in [-0.3, -0.25) is 13.8 Å². The van der Waals surface area contributed by atoms with Crippen molar-refractivity contribution in [3.63, 3.8) is 0 Å². The van der Waals surface area contributed by atoms with Gasteiger partial charge < -0.3 is 9.62 Å². The van der Waals surface area contributed by atoms with Gasteiger partial charge in [0.05, 0.1) is 29.1 Å². The van der Waals surface area contributed by atoms with E-state index in [1.807, 2.05) is 0 Å². The number of benzene rings is 2. The minimum atomic E-state index is -3.97. The molecule has 0 aromatic heterocycles. The number of amides is 1. The van der Waals surface area contributed by atoms with Gasteiger partial charge in [-0.05, 0) is 70.6 Å². The van der Waals surface area contributed by atoms with Gasteiger partial charge in [0.25, 0.3) is 15.9 Å². The third-order valence-electron chi connectivity index (χ3n) is 4.82. The minimum absolute atomic E-state index is 0.0982. The highest BCUT2D eigenvalue weighted by Crippen LogP contribution is 2.34. The topological polar surface area (TPSA) is 81.8 Å². The molecule has 1 amide bonds. The van der Waals surface area contributed by atoms with Crippen LogP contribution >= 0.6 is 57.9 Å². The van der Waals surface area contributed by atoms with Gasteiger partial charge in [-0.2, -0.15) is 0 Å². The van der Waals surface area contributed by atoms with Crippen LogP contribution in [0.3, 0.4) is 0 Å². The van der Waals surface area contributed by atoms with E-state index in [1.165, 1.54) is 23.1 Å². The third kappa shape index (κ3) is 5.29. The first-order valence-electron chi connectivity index (χ1n) is 9.48. The lowest BCUT2D eigenvalue weighted by atomic mass is 10.1. The Balaban J connectivity index is 1.61. The summed E-state index contributed by atoms with van der Waals surface area (Å²) in [5.41, 5.74) is 1.65. The summed E-state index contributed by atoms with van der Waals surface area (Å²) in [5.74, 6) is -0.355. The van der Waals surface area contributed by atoms with Crippen molar-refractivity contribution in [2.45, 2.75) is 6.54 Å². The number of hydrogen-bond acceptors (Lipinski definition) is 6. The summed E-state index contributed by atoms with van der Waals surface area (Å²) in [4.78, 5) is 14.8. The van der Waals surface area contributed by atoms with E-state index < -0.39 is 10.0 Å². The van der Waals surface area contributed by atoms with Gasteiger partial charge in [0, 0.05) is 39.6 Å². The van der Waals surface area contributed by atoms with E-state index in [2.05, 4.69) is 32.0 Å². The van der Waals surface area contributed by atoms with Crippen molar-refractivity contribution < 1.29 is 13.2 Å². The van der Waals surface area contributed by atoms with Gasteiger partial charge in [-0.25, -0.2) is 8.42 Å². The van der Waals surface area contributed by atoms with Crippen LogP contribution in [0.1, 0.15) is 15.9 Å². The predicted octanol–water partition coefficient (Wildman–Crippen LogP) is 5.33. The lowest BCUT2D eigenvalue weighted by molar-refractivity contribution is 0.0786. The number of fused-ring (bicyclic) bond motifs is 1. The largest absolute Gasteiger partial charge is 0.337 e. The Kier molecular flexibility index (Phi) is 7.20. The molecule has 4 rings (SSSR count). The van der Waals surface area contributed by atoms with Gasteiger partial charge in [0.2, 0.25) is 0 Å². The Hall–Kier alpha value is -1.86. The summed E-state index contributed by atoms with van der Waals surface area (Å²) in [5, 5.41) is 0.951. The number of halogens is 3. The lowest BCUT2D eigenvalue weighted by Gasteiger charge is -2.23. The molecule has 2 aromatic rings. The first-order valence-corrected chi connectivity index (χ1v) is 13.6. The molecular weight excluding hydrogens is 618 g/mol. The smallest absolute Gasteiger partial charge is 0.264 e. The normalized spacial score (nSPS) is 14.8. The first-order chi connectivity index (χ1) is 15.7. The van der Waals surface area contributed by atoms with Crippen molar-refractivity contribution in [3.8, 4) is 0 Å². The van der Waals surface area contributed by atoms with Crippen LogP contribution < -0.4 is 9.44 Å². The molecule has 2 aromatic carbocycles. The third-order valence-corrected chi connectivity index (χ3v) is 8.23. The number of anilines is 1. The van der Waals surface area contributed by atoms with Gasteiger partial charge in [-0.15, -0.1) is 0 Å². The van der Waals surface area contributed by atoms with Gasteiger partial charge in [0.15, 0.2) is 0 Å². The fourth-order valence-corrected chi connectivity index (χ4v) is 6.17. The van der Waals surface area contributed by atoms with Gasteiger partial charge in [-0.1, -0.05) is 29.3 Å². The lowest BCUT2D eigenvalue weighted by Crippen LogP contribution is -2.28. The molecule has 33 heavy (non-hydrogen) atoms. The fourth-order valence-electron chi connectivity index (χ4n) is 3.23. The first kappa shape index (κ1) is 24.3. The minimum Gasteiger partial charge on any atom is -0.337 e. The summed E-state index contributed by atoms with van der Waals surface area (Å²) >= 11 is 15.5. The van der Waals surface area contributed by atoms with Crippen LogP contribution in [0.25, 0.3) is 0 Å². The molecule has 2 aliphatic rings. The van der Waals surface area contributed by atoms with Crippen molar-refractivity contribution in [2.75, 3.05) is 11.8 Å². The van der Waals surface area contributed by atoms with Crippen LogP contribution in [-0.4, -0.2) is 30.6 Å². The Bertz CT molecular complexity index is 1330. The highest BCUT2D eigenvalue weighted by Gasteiger charge is 2.31. The Morgan fingerprint density at radius 2 is 2.03 bits per heavy atom. The molecular formula is C21H17Cl2IN4O3S2. The number of carbonyl (C=O) groups excluding carboxylic acids is 1. The Morgan fingerprint density at radius 1 is 1.24 bits per heavy atom. The monoisotopic (exact) mass is 634 g/mol. The number of hydrogen-bond donors (Lipinski definition) is 2. The van der Waals surface area contributed by atoms with Crippen LogP contribution in [0.15, 0.2) is 71.6 Å². The molecule has 12 heteroatoms. The molecule has 0 bridgehead atoms. The highest BCUT2D eigenvalue weighted by atomic mass is 127. The summed E-state index contributed by atoms with van der Waals surface area (Å²) in [6.45, 7) is 0.230. The van der Waals surface area contributed by atoms with E-state index in [0.717, 1.165) is 9.13 Å². The average molecular weight is 635 g/mol. The zero-order chi connectivity index (χ0) is 23.8. The van der Waals surface area contributed by atoms with Gasteiger partial charge in [0.1, 0.15) is 4.91 Å². The molecule has 0 aliphatic carbocycles. The second-order valence-corrected chi connectivity index (χ2v) is 11.7. The molecule has 2 heterocycles. The van der Waals surface area contributed by atoms with Crippen molar-refractivity contribution in [2.24, 2.45) is 0 Å². The van der Waals surface area contributed by atoms with Crippen LogP contribution in [-0.2, 0) is 16.6 Å². The second kappa shape index (κ2) is 9.79. The molecule has 2 aliphatic heterocycles. The highest BCUT2D eigenvalue weighted by molar-refractivity contribution is 14.1. The van der Waals surface area contributed by atoms with Crippen LogP contribution in [0.2, 0.25) is 10.0 Å². The molecule has 0 saturated heterocycles. The van der Waals surface area contributed by atoms with Crippen LogP contribution in [0, 0.1) is 3.57 Å². The van der Waals surface area contributed by atoms with Crippen molar-refractivity contribution >= 4 is 79.5 Å². The fraction of sp³-hybridized carbons (Fsp3) is 0.0952. The number of rotatable bonds is 6. The van der Waals surface area contributed by atoms with Gasteiger partial charge >= 0.3 is 0 Å². The maximum absolute atomic E-state index is 13.3. The molecule has 0 fully saturated rings. The quantitative estimate of drug-likeness (QED) is 0.330. The summed E-state index contributed by atoms with van der Waals surface area (Å²) < 4.78 is 34.5. The molecule has 172 valence electrons. The van der Waals surface area contributed by atoms with E-state index in [1.54, 1.807) is 66.2 Å². The summed E-state index contributed by atoms with van der Waals surface area (Å²) in [6.07, 6.45) is 6.54. The predicted molar refractivity (Wildman–Crippen MR) is 142 cm³/mol. The molecule has 2 N–H and O–H groups in total. The zero-order valence-corrected chi connectivity index (χ0v) is 22.4. The van der Waals surface area contributed by atoms with Crippen LogP contribution in [0.4, 0.5) is 5.69 Å².